The number of benzene rings is 1. The normalized spacial score (nSPS) is 15.6. The smallest absolute Gasteiger partial charge is 0.309 e. The van der Waals surface area contributed by atoms with Crippen LogP contribution >= 0.6 is 11.6 Å². The van der Waals surface area contributed by atoms with Crippen molar-refractivity contribution in [3.05, 3.63) is 64.2 Å². The van der Waals surface area contributed by atoms with Crippen LogP contribution in [0.3, 0.4) is 0 Å². The molecule has 8 nitrogen and oxygen atoms in total. The van der Waals surface area contributed by atoms with Gasteiger partial charge in [0.25, 0.3) is 0 Å². The molecule has 0 unspecified atom stereocenters. The number of methoxy groups -OCH3 is 2. The van der Waals surface area contributed by atoms with Crippen molar-refractivity contribution in [2.75, 3.05) is 14.2 Å². The fraction of sp³-hybridized carbons (Fsp3) is 0.429. The summed E-state index contributed by atoms with van der Waals surface area (Å²) in [4.78, 5) is 25.3. The van der Waals surface area contributed by atoms with Crippen molar-refractivity contribution in [1.82, 2.24) is 15.0 Å². The average molecular weight is 526 g/mol. The molecule has 4 rings (SSSR count). The number of halogens is 1. The van der Waals surface area contributed by atoms with E-state index in [0.29, 0.717) is 52.3 Å². The van der Waals surface area contributed by atoms with Crippen LogP contribution in [0.2, 0.25) is 5.02 Å². The summed E-state index contributed by atoms with van der Waals surface area (Å²) in [5.41, 5.74) is 3.91. The molecule has 1 aliphatic carbocycles. The van der Waals surface area contributed by atoms with Gasteiger partial charge < -0.3 is 19.7 Å². The Morgan fingerprint density at radius 3 is 2.57 bits per heavy atom. The highest BCUT2D eigenvalue weighted by Gasteiger charge is 2.39. The van der Waals surface area contributed by atoms with Gasteiger partial charge in [-0.3, -0.25) is 9.78 Å². The van der Waals surface area contributed by atoms with Crippen molar-refractivity contribution in [1.29, 1.82) is 0 Å². The average Bonchev–Trinajstić information content (AvgIpc) is 3.73. The molecule has 0 spiro atoms. The van der Waals surface area contributed by atoms with Crippen LogP contribution in [0.15, 0.2) is 36.7 Å². The number of phenolic OH excluding ortho intramolecular Hbond substituents is 1. The van der Waals surface area contributed by atoms with Crippen LogP contribution < -0.4 is 4.74 Å². The van der Waals surface area contributed by atoms with Crippen LogP contribution in [0.1, 0.15) is 60.7 Å². The fourth-order valence-corrected chi connectivity index (χ4v) is 5.06. The zero-order valence-electron chi connectivity index (χ0n) is 21.4. The number of hydrogen-bond acceptors (Lipinski definition) is 8. The number of aliphatic hydroxyl groups is 1. The van der Waals surface area contributed by atoms with E-state index in [-0.39, 0.29) is 23.6 Å². The second kappa shape index (κ2) is 11.4. The molecule has 0 aliphatic heterocycles. The first-order valence-electron chi connectivity index (χ1n) is 12.3. The monoisotopic (exact) mass is 525 g/mol. The summed E-state index contributed by atoms with van der Waals surface area (Å²) in [6.07, 6.45) is 5.15. The summed E-state index contributed by atoms with van der Waals surface area (Å²) < 4.78 is 10.1. The Labute approximate surface area is 221 Å². The maximum atomic E-state index is 12.2. The molecule has 0 radical (unpaired) electrons. The van der Waals surface area contributed by atoms with E-state index < -0.39 is 6.10 Å². The van der Waals surface area contributed by atoms with Crippen LogP contribution in [-0.4, -0.2) is 45.4 Å². The van der Waals surface area contributed by atoms with Crippen LogP contribution in [0.25, 0.3) is 11.3 Å². The molecule has 9 heteroatoms. The van der Waals surface area contributed by atoms with E-state index in [4.69, 9.17) is 21.1 Å². The maximum Gasteiger partial charge on any atom is 0.309 e. The molecule has 3 aromatic rings. The summed E-state index contributed by atoms with van der Waals surface area (Å²) in [7, 11) is 2.93. The number of hydrogen-bond donors (Lipinski definition) is 2. The number of carbonyl (C=O) groups excluding carboxylic acids is 1. The number of rotatable bonds is 10. The number of phenols is 1. The predicted molar refractivity (Wildman–Crippen MR) is 140 cm³/mol. The Morgan fingerprint density at radius 2 is 1.95 bits per heavy atom. The van der Waals surface area contributed by atoms with Gasteiger partial charge in [0.05, 0.1) is 60.7 Å². The summed E-state index contributed by atoms with van der Waals surface area (Å²) >= 11 is 6.28. The van der Waals surface area contributed by atoms with Gasteiger partial charge in [-0.15, -0.1) is 0 Å². The maximum absolute atomic E-state index is 12.2. The van der Waals surface area contributed by atoms with E-state index in [9.17, 15) is 15.0 Å². The molecule has 1 aromatic carbocycles. The molecule has 0 saturated heterocycles. The Kier molecular flexibility index (Phi) is 8.29. The van der Waals surface area contributed by atoms with Gasteiger partial charge in [0.15, 0.2) is 0 Å². The number of carbonyl (C=O) groups is 1. The second-order valence-electron chi connectivity index (χ2n) is 9.55. The molecule has 0 bridgehead atoms. The van der Waals surface area contributed by atoms with E-state index in [0.717, 1.165) is 24.0 Å². The van der Waals surface area contributed by atoms with E-state index in [1.807, 2.05) is 19.1 Å². The molecule has 37 heavy (non-hydrogen) atoms. The minimum atomic E-state index is -0.860. The SMILES string of the molecule is COC(=O)[C@H](C)[C@H](c1ccc(CC[C@@H](O)c2ncc(-c3cc(OC)ncc3Cl)nc2C)c(O)c1)C1CC1. The topological polar surface area (TPSA) is 115 Å². The number of esters is 1. The highest BCUT2D eigenvalue weighted by Crippen LogP contribution is 2.47. The van der Waals surface area contributed by atoms with Crippen molar-refractivity contribution >= 4 is 17.6 Å². The lowest BCUT2D eigenvalue weighted by molar-refractivity contribution is -0.145. The van der Waals surface area contributed by atoms with E-state index in [1.165, 1.54) is 20.4 Å². The summed E-state index contributed by atoms with van der Waals surface area (Å²) in [6, 6.07) is 7.28. The quantitative estimate of drug-likeness (QED) is 0.348. The van der Waals surface area contributed by atoms with Crippen LogP contribution in [0, 0.1) is 18.8 Å². The first kappa shape index (κ1) is 26.8. The molecule has 1 fully saturated rings. The first-order chi connectivity index (χ1) is 17.7. The van der Waals surface area contributed by atoms with E-state index in [1.54, 1.807) is 25.3 Å². The molecule has 3 atom stereocenters. The largest absolute Gasteiger partial charge is 0.508 e. The molecule has 196 valence electrons. The summed E-state index contributed by atoms with van der Waals surface area (Å²) in [6.45, 7) is 3.66. The van der Waals surface area contributed by atoms with Crippen molar-refractivity contribution in [2.45, 2.75) is 51.6 Å². The second-order valence-corrected chi connectivity index (χ2v) is 9.96. The predicted octanol–water partition coefficient (Wildman–Crippen LogP) is 5.18. The van der Waals surface area contributed by atoms with Gasteiger partial charge in [-0.1, -0.05) is 30.7 Å². The van der Waals surface area contributed by atoms with Gasteiger partial charge in [0, 0.05) is 11.6 Å². The highest BCUT2D eigenvalue weighted by molar-refractivity contribution is 6.33. The number of ether oxygens (including phenoxy) is 2. The Morgan fingerprint density at radius 1 is 1.19 bits per heavy atom. The Balaban J connectivity index is 1.46. The van der Waals surface area contributed by atoms with Crippen LogP contribution in [0.4, 0.5) is 0 Å². The number of pyridine rings is 1. The number of aliphatic hydroxyl groups excluding tert-OH is 1. The number of aryl methyl sites for hydroxylation is 2. The molecular weight excluding hydrogens is 494 g/mol. The van der Waals surface area contributed by atoms with Crippen molar-refractivity contribution < 1.29 is 24.5 Å². The minimum absolute atomic E-state index is 0.0169. The Bertz CT molecular complexity index is 1280. The molecule has 2 heterocycles. The van der Waals surface area contributed by atoms with E-state index in [2.05, 4.69) is 15.0 Å². The molecule has 2 N–H and O–H groups in total. The third kappa shape index (κ3) is 6.02. The minimum Gasteiger partial charge on any atom is -0.508 e. The van der Waals surface area contributed by atoms with Gasteiger partial charge in [-0.2, -0.15) is 0 Å². The van der Waals surface area contributed by atoms with Crippen LogP contribution in [-0.2, 0) is 16.0 Å². The fourth-order valence-electron chi connectivity index (χ4n) is 4.86. The van der Waals surface area contributed by atoms with Gasteiger partial charge in [0.1, 0.15) is 5.75 Å². The lowest BCUT2D eigenvalue weighted by Gasteiger charge is -2.23. The van der Waals surface area contributed by atoms with Gasteiger partial charge in [-0.05, 0) is 61.6 Å². The number of aromatic hydroxyl groups is 1. The summed E-state index contributed by atoms with van der Waals surface area (Å²) in [5, 5.41) is 22.0. The van der Waals surface area contributed by atoms with Crippen molar-refractivity contribution in [3.63, 3.8) is 0 Å². The Hall–Kier alpha value is -3.23. The van der Waals surface area contributed by atoms with Crippen molar-refractivity contribution in [2.24, 2.45) is 11.8 Å². The van der Waals surface area contributed by atoms with Crippen molar-refractivity contribution in [3.8, 4) is 22.9 Å². The summed E-state index contributed by atoms with van der Waals surface area (Å²) in [5.74, 6) is 0.495. The van der Waals surface area contributed by atoms with Gasteiger partial charge in [-0.25, -0.2) is 9.97 Å². The lowest BCUT2D eigenvalue weighted by atomic mass is 9.82. The van der Waals surface area contributed by atoms with Gasteiger partial charge in [0.2, 0.25) is 5.88 Å². The zero-order chi connectivity index (χ0) is 26.7. The molecule has 0 amide bonds. The number of aromatic nitrogens is 3. The standard InChI is InChI=1S/C28H32ClN3O5/c1-15(28(35)37-4)26(18-6-7-18)19-8-5-17(24(34)11-19)9-10-23(33)27-16(2)32-22(14-31-27)20-12-25(36-3)30-13-21(20)29/h5,8,11-15,18,23,26,33-34H,6-7,9-10H2,1-4H3/t15-,23-,26+/m1/s1. The van der Waals surface area contributed by atoms with E-state index >= 15 is 0 Å². The van der Waals surface area contributed by atoms with Crippen LogP contribution in [0.5, 0.6) is 11.6 Å². The highest BCUT2D eigenvalue weighted by atomic mass is 35.5. The zero-order valence-corrected chi connectivity index (χ0v) is 22.2. The third-order valence-electron chi connectivity index (χ3n) is 7.04. The lowest BCUT2D eigenvalue weighted by Crippen LogP contribution is -2.22. The third-order valence-corrected chi connectivity index (χ3v) is 7.34. The molecule has 2 aromatic heterocycles. The van der Waals surface area contributed by atoms with Gasteiger partial charge >= 0.3 is 5.97 Å². The molecule has 1 saturated carbocycles. The first-order valence-corrected chi connectivity index (χ1v) is 12.7. The number of nitrogens with zero attached hydrogens (tertiary/aromatic N) is 3. The molecule has 1 aliphatic rings. The molecular formula is C28H32ClN3O5.